The van der Waals surface area contributed by atoms with Crippen molar-refractivity contribution in [2.45, 2.75) is 39.4 Å². The van der Waals surface area contributed by atoms with Crippen molar-refractivity contribution >= 4 is 0 Å². The summed E-state index contributed by atoms with van der Waals surface area (Å²) in [5, 5.41) is 0. The number of methoxy groups -OCH3 is 1. The van der Waals surface area contributed by atoms with E-state index in [-0.39, 0.29) is 0 Å². The molecule has 0 aromatic rings. The Labute approximate surface area is 81.1 Å². The van der Waals surface area contributed by atoms with Crippen LogP contribution in [0.25, 0.3) is 0 Å². The van der Waals surface area contributed by atoms with Gasteiger partial charge in [-0.2, -0.15) is 0 Å². The van der Waals surface area contributed by atoms with Crippen LogP contribution >= 0.6 is 0 Å². The molecule has 0 amide bonds. The molecule has 2 nitrogen and oxygen atoms in total. The molecule has 1 heterocycles. The lowest BCUT2D eigenvalue weighted by atomic mass is 9.97. The first-order chi connectivity index (χ1) is 6.05. The highest BCUT2D eigenvalue weighted by molar-refractivity contribution is 4.94. The van der Waals surface area contributed by atoms with Crippen LogP contribution in [0.2, 0.25) is 0 Å². The quantitative estimate of drug-likeness (QED) is 0.677. The van der Waals surface area contributed by atoms with Gasteiger partial charge in [0.15, 0.2) is 0 Å². The Kier molecular flexibility index (Phi) is 5.49. The Balaban J connectivity index is 0.000000671. The summed E-state index contributed by atoms with van der Waals surface area (Å²) in [4.78, 5) is 2.09. The van der Waals surface area contributed by atoms with Crippen LogP contribution in [0.4, 0.5) is 4.39 Å². The SMILES string of the molecule is CC.COCC(C)N1CC(C)(F)C1. The highest BCUT2D eigenvalue weighted by atomic mass is 19.1. The van der Waals surface area contributed by atoms with Crippen molar-refractivity contribution in [1.29, 1.82) is 0 Å². The van der Waals surface area contributed by atoms with E-state index in [2.05, 4.69) is 11.8 Å². The van der Waals surface area contributed by atoms with E-state index in [4.69, 9.17) is 4.74 Å². The molecule has 0 aliphatic carbocycles. The number of alkyl halides is 1. The van der Waals surface area contributed by atoms with E-state index in [9.17, 15) is 4.39 Å². The maximum atomic E-state index is 13.0. The molecule has 80 valence electrons. The first kappa shape index (κ1) is 12.8. The van der Waals surface area contributed by atoms with Crippen molar-refractivity contribution in [2.24, 2.45) is 0 Å². The second kappa shape index (κ2) is 5.55. The van der Waals surface area contributed by atoms with Crippen molar-refractivity contribution < 1.29 is 9.13 Å². The third-order valence-electron chi connectivity index (χ3n) is 2.10. The van der Waals surface area contributed by atoms with Crippen LogP contribution in [0, 0.1) is 0 Å². The lowest BCUT2D eigenvalue weighted by molar-refractivity contribution is -0.0557. The van der Waals surface area contributed by atoms with Crippen molar-refractivity contribution in [2.75, 3.05) is 26.8 Å². The first-order valence-corrected chi connectivity index (χ1v) is 4.97. The van der Waals surface area contributed by atoms with E-state index in [1.54, 1.807) is 14.0 Å². The number of hydrogen-bond acceptors (Lipinski definition) is 2. The molecule has 0 saturated carbocycles. The van der Waals surface area contributed by atoms with E-state index in [1.165, 1.54) is 0 Å². The normalized spacial score (nSPS) is 22.6. The summed E-state index contributed by atoms with van der Waals surface area (Å²) in [6.07, 6.45) is 0. The Bertz CT molecular complexity index is 131. The second-order valence-corrected chi connectivity index (χ2v) is 3.62. The largest absolute Gasteiger partial charge is 0.383 e. The molecule has 1 aliphatic rings. The van der Waals surface area contributed by atoms with Crippen LogP contribution in [0.1, 0.15) is 27.7 Å². The van der Waals surface area contributed by atoms with Crippen LogP contribution in [0.3, 0.4) is 0 Å². The van der Waals surface area contributed by atoms with Gasteiger partial charge in [0.05, 0.1) is 6.61 Å². The summed E-state index contributed by atoms with van der Waals surface area (Å²) in [6.45, 7) is 9.49. The molecule has 0 N–H and O–H groups in total. The summed E-state index contributed by atoms with van der Waals surface area (Å²) in [7, 11) is 1.67. The highest BCUT2D eigenvalue weighted by Crippen LogP contribution is 2.26. The smallest absolute Gasteiger partial charge is 0.133 e. The highest BCUT2D eigenvalue weighted by Gasteiger charge is 2.40. The first-order valence-electron chi connectivity index (χ1n) is 4.97. The number of nitrogens with zero attached hydrogens (tertiary/aromatic N) is 1. The molecule has 1 rings (SSSR count). The fourth-order valence-corrected chi connectivity index (χ4v) is 1.46. The fourth-order valence-electron chi connectivity index (χ4n) is 1.46. The van der Waals surface area contributed by atoms with Crippen LogP contribution < -0.4 is 0 Å². The second-order valence-electron chi connectivity index (χ2n) is 3.62. The minimum Gasteiger partial charge on any atom is -0.383 e. The Morgan fingerprint density at radius 1 is 1.46 bits per heavy atom. The van der Waals surface area contributed by atoms with Gasteiger partial charge in [-0.25, -0.2) is 4.39 Å². The zero-order chi connectivity index (χ0) is 10.5. The molecule has 0 bridgehead atoms. The van der Waals surface area contributed by atoms with Gasteiger partial charge in [0.25, 0.3) is 0 Å². The van der Waals surface area contributed by atoms with Gasteiger partial charge in [-0.1, -0.05) is 13.8 Å². The summed E-state index contributed by atoms with van der Waals surface area (Å²) >= 11 is 0. The standard InChI is InChI=1S/C8H16FNO.C2H6/c1-7(4-11-3)10-5-8(2,9)6-10;1-2/h7H,4-6H2,1-3H3;1-2H3. The lowest BCUT2D eigenvalue weighted by Crippen LogP contribution is -2.60. The number of halogens is 1. The van der Waals surface area contributed by atoms with Gasteiger partial charge in [-0.05, 0) is 13.8 Å². The van der Waals surface area contributed by atoms with E-state index >= 15 is 0 Å². The molecule has 1 fully saturated rings. The van der Waals surface area contributed by atoms with Gasteiger partial charge >= 0.3 is 0 Å². The Hall–Kier alpha value is -0.150. The van der Waals surface area contributed by atoms with E-state index in [0.29, 0.717) is 25.7 Å². The van der Waals surface area contributed by atoms with Crippen LogP contribution in [0.5, 0.6) is 0 Å². The molecule has 3 heteroatoms. The Morgan fingerprint density at radius 2 is 1.92 bits per heavy atom. The molecule has 0 aromatic carbocycles. The fraction of sp³-hybridized carbons (Fsp3) is 1.00. The molecule has 0 radical (unpaired) electrons. The molecule has 1 aliphatic heterocycles. The average molecular weight is 191 g/mol. The molecule has 1 unspecified atom stereocenters. The number of rotatable bonds is 3. The van der Waals surface area contributed by atoms with Gasteiger partial charge in [-0.15, -0.1) is 0 Å². The summed E-state index contributed by atoms with van der Waals surface area (Å²) in [5.74, 6) is 0. The predicted molar refractivity (Wildman–Crippen MR) is 53.8 cm³/mol. The van der Waals surface area contributed by atoms with E-state index < -0.39 is 5.67 Å². The average Bonchev–Trinajstić information content (AvgIpc) is 2.04. The van der Waals surface area contributed by atoms with Gasteiger partial charge in [0.2, 0.25) is 0 Å². The van der Waals surface area contributed by atoms with Gasteiger partial charge in [-0.3, -0.25) is 4.90 Å². The molecule has 13 heavy (non-hydrogen) atoms. The Morgan fingerprint density at radius 3 is 2.23 bits per heavy atom. The molecule has 0 spiro atoms. The zero-order valence-electron chi connectivity index (χ0n) is 9.43. The van der Waals surface area contributed by atoms with Crippen molar-refractivity contribution in [1.82, 2.24) is 4.90 Å². The predicted octanol–water partition coefficient (Wildman–Crippen LogP) is 2.09. The third-order valence-corrected chi connectivity index (χ3v) is 2.10. The summed E-state index contributed by atoms with van der Waals surface area (Å²) < 4.78 is 17.9. The number of ether oxygens (including phenoxy) is 1. The molecular formula is C10H22FNO. The number of hydrogen-bond donors (Lipinski definition) is 0. The van der Waals surface area contributed by atoms with Crippen molar-refractivity contribution in [3.8, 4) is 0 Å². The van der Waals surface area contributed by atoms with E-state index in [1.807, 2.05) is 13.8 Å². The van der Waals surface area contributed by atoms with E-state index in [0.717, 1.165) is 0 Å². The minimum absolute atomic E-state index is 0.351. The lowest BCUT2D eigenvalue weighted by Gasteiger charge is -2.45. The zero-order valence-corrected chi connectivity index (χ0v) is 9.43. The molecule has 1 atom stereocenters. The third kappa shape index (κ3) is 4.05. The maximum absolute atomic E-state index is 13.0. The summed E-state index contributed by atoms with van der Waals surface area (Å²) in [5.41, 5.74) is -0.956. The van der Waals surface area contributed by atoms with Crippen molar-refractivity contribution in [3.63, 3.8) is 0 Å². The van der Waals surface area contributed by atoms with Gasteiger partial charge < -0.3 is 4.74 Å². The van der Waals surface area contributed by atoms with Gasteiger partial charge in [0, 0.05) is 26.2 Å². The topological polar surface area (TPSA) is 12.5 Å². The molecule has 1 saturated heterocycles. The molecular weight excluding hydrogens is 169 g/mol. The van der Waals surface area contributed by atoms with Crippen molar-refractivity contribution in [3.05, 3.63) is 0 Å². The van der Waals surface area contributed by atoms with Crippen LogP contribution in [-0.4, -0.2) is 43.4 Å². The van der Waals surface area contributed by atoms with Crippen LogP contribution in [0.15, 0.2) is 0 Å². The minimum atomic E-state index is -0.956. The van der Waals surface area contributed by atoms with Crippen LogP contribution in [-0.2, 0) is 4.74 Å². The molecule has 0 aromatic heterocycles. The monoisotopic (exact) mass is 191 g/mol. The van der Waals surface area contributed by atoms with Gasteiger partial charge in [0.1, 0.15) is 5.67 Å². The summed E-state index contributed by atoms with van der Waals surface area (Å²) in [6, 6.07) is 0.351. The maximum Gasteiger partial charge on any atom is 0.133 e. The number of likely N-dealkylation sites (tertiary alicyclic amines) is 1.